The number of rotatable bonds is 9. The number of nitrogens with one attached hydrogen (secondary N) is 2. The fourth-order valence-corrected chi connectivity index (χ4v) is 2.99. The standard InChI is InChI=1S/C11H22N4O3S/c1-9-10(8-12)11(15-14-9)19(16,17)13-6-4-3-5-7-18-2/h13H,3-8,12H2,1-2H3,(H,14,15). The fraction of sp³-hybridized carbons (Fsp3) is 0.727. The topological polar surface area (TPSA) is 110 Å². The number of hydrogen-bond acceptors (Lipinski definition) is 5. The zero-order chi connectivity index (χ0) is 14.3. The molecule has 0 saturated heterocycles. The summed E-state index contributed by atoms with van der Waals surface area (Å²) in [5, 5.41) is 6.46. The molecule has 0 spiro atoms. The average molecular weight is 290 g/mol. The minimum absolute atomic E-state index is 0.00407. The summed E-state index contributed by atoms with van der Waals surface area (Å²) in [5.74, 6) is 0. The van der Waals surface area contributed by atoms with Crippen molar-refractivity contribution in [2.75, 3.05) is 20.3 Å². The Kier molecular flexibility index (Phi) is 6.43. The van der Waals surface area contributed by atoms with Gasteiger partial charge in [0.2, 0.25) is 0 Å². The molecule has 0 aliphatic heterocycles. The van der Waals surface area contributed by atoms with Crippen LogP contribution in [0.15, 0.2) is 5.03 Å². The molecule has 0 amide bonds. The number of aromatic nitrogens is 2. The van der Waals surface area contributed by atoms with Gasteiger partial charge in [0.05, 0.1) is 0 Å². The van der Waals surface area contributed by atoms with Crippen molar-refractivity contribution in [1.82, 2.24) is 14.9 Å². The predicted molar refractivity (Wildman–Crippen MR) is 72.1 cm³/mol. The molecule has 0 unspecified atom stereocenters. The van der Waals surface area contributed by atoms with Crippen LogP contribution in [0.2, 0.25) is 0 Å². The molecule has 1 heterocycles. The Labute approximate surface area is 114 Å². The van der Waals surface area contributed by atoms with E-state index in [2.05, 4.69) is 14.9 Å². The Balaban J connectivity index is 2.52. The Morgan fingerprint density at radius 2 is 2.11 bits per heavy atom. The number of hydrogen-bond donors (Lipinski definition) is 3. The minimum atomic E-state index is -3.58. The molecular weight excluding hydrogens is 268 g/mol. The zero-order valence-electron chi connectivity index (χ0n) is 11.4. The molecule has 7 nitrogen and oxygen atoms in total. The van der Waals surface area contributed by atoms with Crippen molar-refractivity contribution in [1.29, 1.82) is 0 Å². The van der Waals surface area contributed by atoms with Gasteiger partial charge in [-0.15, -0.1) is 0 Å². The Bertz CT molecular complexity index is 484. The molecule has 0 fully saturated rings. The molecule has 4 N–H and O–H groups in total. The Hall–Kier alpha value is -0.960. The summed E-state index contributed by atoms with van der Waals surface area (Å²) in [5.41, 5.74) is 6.75. The summed E-state index contributed by atoms with van der Waals surface area (Å²) in [4.78, 5) is 0. The molecule has 0 radical (unpaired) electrons. The Morgan fingerprint density at radius 3 is 2.74 bits per heavy atom. The number of aryl methyl sites for hydroxylation is 1. The number of unbranched alkanes of at least 4 members (excludes halogenated alkanes) is 2. The SMILES string of the molecule is COCCCCCNS(=O)(=O)c1n[nH]c(C)c1CN. The third-order valence-corrected chi connectivity index (χ3v) is 4.24. The lowest BCUT2D eigenvalue weighted by atomic mass is 10.2. The summed E-state index contributed by atoms with van der Waals surface area (Å²) in [7, 11) is -1.93. The van der Waals surface area contributed by atoms with Gasteiger partial charge in [0.25, 0.3) is 10.0 Å². The molecule has 0 aliphatic rings. The van der Waals surface area contributed by atoms with Crippen LogP contribution in [0.25, 0.3) is 0 Å². The smallest absolute Gasteiger partial charge is 0.260 e. The van der Waals surface area contributed by atoms with Crippen molar-refractivity contribution in [3.63, 3.8) is 0 Å². The van der Waals surface area contributed by atoms with Crippen molar-refractivity contribution in [3.8, 4) is 0 Å². The molecule has 8 heteroatoms. The van der Waals surface area contributed by atoms with Gasteiger partial charge in [-0.2, -0.15) is 5.10 Å². The van der Waals surface area contributed by atoms with Gasteiger partial charge in [-0.3, -0.25) is 5.10 Å². The van der Waals surface area contributed by atoms with Gasteiger partial charge in [-0.25, -0.2) is 13.1 Å². The van der Waals surface area contributed by atoms with Gasteiger partial charge >= 0.3 is 0 Å². The summed E-state index contributed by atoms with van der Waals surface area (Å²) in [6.07, 6.45) is 2.61. The van der Waals surface area contributed by atoms with E-state index >= 15 is 0 Å². The normalized spacial score (nSPS) is 11.9. The number of nitrogens with two attached hydrogens (primary N) is 1. The number of aromatic amines is 1. The highest BCUT2D eigenvalue weighted by Gasteiger charge is 2.22. The van der Waals surface area contributed by atoms with E-state index in [0.717, 1.165) is 19.3 Å². The van der Waals surface area contributed by atoms with E-state index in [-0.39, 0.29) is 11.6 Å². The number of sulfonamides is 1. The molecule has 1 aromatic rings. The van der Waals surface area contributed by atoms with E-state index in [1.165, 1.54) is 0 Å². The molecular formula is C11H22N4O3S. The van der Waals surface area contributed by atoms with Crippen LogP contribution in [0.1, 0.15) is 30.5 Å². The molecule has 1 aromatic heterocycles. The van der Waals surface area contributed by atoms with Crippen LogP contribution in [0, 0.1) is 6.92 Å². The van der Waals surface area contributed by atoms with Crippen molar-refractivity contribution >= 4 is 10.0 Å². The summed E-state index contributed by atoms with van der Waals surface area (Å²) < 4.78 is 31.5. The maximum Gasteiger partial charge on any atom is 0.260 e. The van der Waals surface area contributed by atoms with Gasteiger partial charge in [-0.05, 0) is 26.2 Å². The van der Waals surface area contributed by atoms with E-state index in [0.29, 0.717) is 24.4 Å². The van der Waals surface area contributed by atoms with Crippen LogP contribution in [0.4, 0.5) is 0 Å². The largest absolute Gasteiger partial charge is 0.385 e. The average Bonchev–Trinajstić information content (AvgIpc) is 2.75. The van der Waals surface area contributed by atoms with Crippen LogP contribution >= 0.6 is 0 Å². The van der Waals surface area contributed by atoms with Crippen molar-refractivity contribution < 1.29 is 13.2 Å². The number of nitrogens with zero attached hydrogens (tertiary/aromatic N) is 1. The summed E-state index contributed by atoms with van der Waals surface area (Å²) >= 11 is 0. The molecule has 0 aliphatic carbocycles. The highest BCUT2D eigenvalue weighted by atomic mass is 32.2. The fourth-order valence-electron chi connectivity index (χ4n) is 1.72. The minimum Gasteiger partial charge on any atom is -0.385 e. The molecule has 0 aromatic carbocycles. The van der Waals surface area contributed by atoms with Crippen LogP contribution in [0.5, 0.6) is 0 Å². The van der Waals surface area contributed by atoms with E-state index < -0.39 is 10.0 Å². The Morgan fingerprint density at radius 1 is 1.37 bits per heavy atom. The monoisotopic (exact) mass is 290 g/mol. The molecule has 0 saturated carbocycles. The summed E-state index contributed by atoms with van der Waals surface area (Å²) in [6, 6.07) is 0. The van der Waals surface area contributed by atoms with Crippen molar-refractivity contribution in [2.45, 2.75) is 37.8 Å². The maximum absolute atomic E-state index is 12.0. The third kappa shape index (κ3) is 4.57. The van der Waals surface area contributed by atoms with Crippen LogP contribution in [-0.4, -0.2) is 38.9 Å². The van der Waals surface area contributed by atoms with Crippen LogP contribution < -0.4 is 10.5 Å². The van der Waals surface area contributed by atoms with Gasteiger partial charge in [0.15, 0.2) is 5.03 Å². The van der Waals surface area contributed by atoms with E-state index in [4.69, 9.17) is 10.5 Å². The van der Waals surface area contributed by atoms with Gasteiger partial charge < -0.3 is 10.5 Å². The first-order valence-corrected chi connectivity index (χ1v) is 7.73. The van der Waals surface area contributed by atoms with E-state index in [1.54, 1.807) is 14.0 Å². The molecule has 110 valence electrons. The van der Waals surface area contributed by atoms with Gasteiger partial charge in [-0.1, -0.05) is 0 Å². The zero-order valence-corrected chi connectivity index (χ0v) is 12.2. The van der Waals surface area contributed by atoms with Crippen LogP contribution in [0.3, 0.4) is 0 Å². The first-order valence-electron chi connectivity index (χ1n) is 6.25. The van der Waals surface area contributed by atoms with Gasteiger partial charge in [0, 0.05) is 38.1 Å². The van der Waals surface area contributed by atoms with Gasteiger partial charge in [0.1, 0.15) is 0 Å². The van der Waals surface area contributed by atoms with E-state index in [1.807, 2.05) is 0 Å². The molecule has 1 rings (SSSR count). The number of H-pyrrole nitrogens is 1. The quantitative estimate of drug-likeness (QED) is 0.565. The second kappa shape index (κ2) is 7.59. The number of methoxy groups -OCH3 is 1. The molecule has 19 heavy (non-hydrogen) atoms. The highest BCUT2D eigenvalue weighted by Crippen LogP contribution is 2.15. The maximum atomic E-state index is 12.0. The highest BCUT2D eigenvalue weighted by molar-refractivity contribution is 7.89. The first kappa shape index (κ1) is 16.1. The lowest BCUT2D eigenvalue weighted by molar-refractivity contribution is 0.192. The van der Waals surface area contributed by atoms with Crippen LogP contribution in [-0.2, 0) is 21.3 Å². The lowest BCUT2D eigenvalue weighted by Crippen LogP contribution is -2.26. The summed E-state index contributed by atoms with van der Waals surface area (Å²) in [6.45, 7) is 2.98. The van der Waals surface area contributed by atoms with Crippen molar-refractivity contribution in [2.24, 2.45) is 5.73 Å². The second-order valence-corrected chi connectivity index (χ2v) is 5.97. The van der Waals surface area contributed by atoms with Crippen molar-refractivity contribution in [3.05, 3.63) is 11.3 Å². The molecule has 0 bridgehead atoms. The predicted octanol–water partition coefficient (Wildman–Crippen LogP) is 0.272. The molecule has 0 atom stereocenters. The second-order valence-electron chi connectivity index (χ2n) is 4.29. The first-order chi connectivity index (χ1) is 9.03. The van der Waals surface area contributed by atoms with E-state index in [9.17, 15) is 8.42 Å². The lowest BCUT2D eigenvalue weighted by Gasteiger charge is -2.06. The number of ether oxygens (including phenoxy) is 1. The third-order valence-electron chi connectivity index (χ3n) is 2.81.